The molecule has 0 unspecified atom stereocenters. The van der Waals surface area contributed by atoms with Crippen LogP contribution in [0.1, 0.15) is 6.92 Å². The maximum Gasteiger partial charge on any atom is 0.323 e. The highest BCUT2D eigenvalue weighted by atomic mass is 35.5. The van der Waals surface area contributed by atoms with Crippen LogP contribution in [0.2, 0.25) is 5.02 Å². The Hall–Kier alpha value is -2.31. The molecule has 0 saturated carbocycles. The number of halogens is 2. The standard InChI is InChI=1S/C17H18ClFN2O3/c1-2-23-10-11-24-16-14(18)4-3-5-15(16)21-17(22)20-13-8-6-12(19)7-9-13/h3-9H,2,10-11H2,1H3,(H2,20,21,22). The number of ether oxygens (including phenoxy) is 2. The molecule has 2 aromatic rings. The van der Waals surface area contributed by atoms with Crippen molar-refractivity contribution in [3.8, 4) is 5.75 Å². The molecule has 2 amide bonds. The molecule has 0 aliphatic heterocycles. The van der Waals surface area contributed by atoms with E-state index in [4.69, 9.17) is 21.1 Å². The van der Waals surface area contributed by atoms with Crippen molar-refractivity contribution < 1.29 is 18.7 Å². The molecule has 0 fully saturated rings. The highest BCUT2D eigenvalue weighted by molar-refractivity contribution is 6.32. The maximum absolute atomic E-state index is 12.9. The Morgan fingerprint density at radius 2 is 1.88 bits per heavy atom. The van der Waals surface area contributed by atoms with Gasteiger partial charge in [-0.25, -0.2) is 9.18 Å². The largest absolute Gasteiger partial charge is 0.487 e. The average molecular weight is 353 g/mol. The van der Waals surface area contributed by atoms with Gasteiger partial charge in [0, 0.05) is 12.3 Å². The predicted octanol–water partition coefficient (Wildman–Crippen LogP) is 4.54. The Labute approximate surface area is 144 Å². The van der Waals surface area contributed by atoms with Crippen LogP contribution in [-0.4, -0.2) is 25.9 Å². The van der Waals surface area contributed by atoms with E-state index in [0.29, 0.717) is 42.0 Å². The lowest BCUT2D eigenvalue weighted by Gasteiger charge is -2.14. The van der Waals surface area contributed by atoms with E-state index in [1.54, 1.807) is 18.2 Å². The van der Waals surface area contributed by atoms with Gasteiger partial charge in [0.05, 0.1) is 17.3 Å². The van der Waals surface area contributed by atoms with Gasteiger partial charge in [-0.3, -0.25) is 0 Å². The molecule has 0 aromatic heterocycles. The van der Waals surface area contributed by atoms with Gasteiger partial charge in [0.1, 0.15) is 12.4 Å². The van der Waals surface area contributed by atoms with Crippen molar-refractivity contribution in [1.29, 1.82) is 0 Å². The van der Waals surface area contributed by atoms with E-state index in [1.807, 2.05) is 6.92 Å². The molecule has 0 heterocycles. The molecule has 5 nitrogen and oxygen atoms in total. The third kappa shape index (κ3) is 5.40. The summed E-state index contributed by atoms with van der Waals surface area (Å²) < 4.78 is 23.7. The Bertz CT molecular complexity index is 680. The molecule has 128 valence electrons. The molecule has 0 aliphatic rings. The van der Waals surface area contributed by atoms with Gasteiger partial charge in [-0.2, -0.15) is 0 Å². The lowest BCUT2D eigenvalue weighted by Crippen LogP contribution is -2.20. The van der Waals surface area contributed by atoms with E-state index in [-0.39, 0.29) is 5.82 Å². The SMILES string of the molecule is CCOCCOc1c(Cl)cccc1NC(=O)Nc1ccc(F)cc1. The van der Waals surface area contributed by atoms with Crippen LogP contribution in [0, 0.1) is 5.82 Å². The van der Waals surface area contributed by atoms with Gasteiger partial charge >= 0.3 is 6.03 Å². The minimum atomic E-state index is -0.487. The monoisotopic (exact) mass is 352 g/mol. The Balaban J connectivity index is 2.01. The summed E-state index contributed by atoms with van der Waals surface area (Å²) in [7, 11) is 0. The number of hydrogen-bond acceptors (Lipinski definition) is 3. The predicted molar refractivity (Wildman–Crippen MR) is 92.5 cm³/mol. The smallest absolute Gasteiger partial charge is 0.323 e. The first-order valence-corrected chi connectivity index (χ1v) is 7.80. The fraction of sp³-hybridized carbons (Fsp3) is 0.235. The molecule has 24 heavy (non-hydrogen) atoms. The number of amides is 2. The average Bonchev–Trinajstić information content (AvgIpc) is 2.56. The number of urea groups is 1. The summed E-state index contributed by atoms with van der Waals surface area (Å²) in [6.07, 6.45) is 0. The van der Waals surface area contributed by atoms with Crippen LogP contribution in [0.4, 0.5) is 20.6 Å². The van der Waals surface area contributed by atoms with Crippen molar-refractivity contribution in [2.24, 2.45) is 0 Å². The summed E-state index contributed by atoms with van der Waals surface area (Å²) >= 11 is 6.12. The van der Waals surface area contributed by atoms with E-state index in [0.717, 1.165) is 0 Å². The molecule has 0 atom stereocenters. The fourth-order valence-electron chi connectivity index (χ4n) is 1.92. The third-order valence-corrected chi connectivity index (χ3v) is 3.29. The number of carbonyl (C=O) groups is 1. The van der Waals surface area contributed by atoms with Crippen molar-refractivity contribution in [3.63, 3.8) is 0 Å². The van der Waals surface area contributed by atoms with Crippen molar-refractivity contribution in [2.45, 2.75) is 6.92 Å². The summed E-state index contributed by atoms with van der Waals surface area (Å²) in [5, 5.41) is 5.64. The first-order valence-electron chi connectivity index (χ1n) is 7.42. The third-order valence-electron chi connectivity index (χ3n) is 3.00. The Morgan fingerprint density at radius 3 is 2.58 bits per heavy atom. The zero-order chi connectivity index (χ0) is 17.4. The zero-order valence-corrected chi connectivity index (χ0v) is 13.9. The van der Waals surface area contributed by atoms with Crippen LogP contribution in [0.5, 0.6) is 5.75 Å². The molecule has 0 saturated heterocycles. The highest BCUT2D eigenvalue weighted by Gasteiger charge is 2.11. The normalized spacial score (nSPS) is 10.3. The van der Waals surface area contributed by atoms with Gasteiger partial charge in [-0.15, -0.1) is 0 Å². The highest BCUT2D eigenvalue weighted by Crippen LogP contribution is 2.33. The number of hydrogen-bond donors (Lipinski definition) is 2. The van der Waals surface area contributed by atoms with Crippen molar-refractivity contribution >= 4 is 29.0 Å². The molecular formula is C17H18ClFN2O3. The summed E-state index contributed by atoms with van der Waals surface area (Å²) in [5.41, 5.74) is 0.897. The number of nitrogens with one attached hydrogen (secondary N) is 2. The number of rotatable bonds is 7. The van der Waals surface area contributed by atoms with Gasteiger partial charge in [-0.1, -0.05) is 17.7 Å². The summed E-state index contributed by atoms with van der Waals surface area (Å²) in [6.45, 7) is 3.22. The van der Waals surface area contributed by atoms with Crippen LogP contribution in [0.3, 0.4) is 0 Å². The van der Waals surface area contributed by atoms with Gasteiger partial charge in [0.15, 0.2) is 5.75 Å². The Morgan fingerprint density at radius 1 is 1.12 bits per heavy atom. The second kappa shape index (κ2) is 9.10. The minimum Gasteiger partial charge on any atom is -0.487 e. The first kappa shape index (κ1) is 18.0. The molecule has 7 heteroatoms. The summed E-state index contributed by atoms with van der Waals surface area (Å²) in [4.78, 5) is 12.1. The maximum atomic E-state index is 12.9. The Kier molecular flexibility index (Phi) is 6.84. The molecule has 2 aromatic carbocycles. The van der Waals surface area contributed by atoms with Gasteiger partial charge in [0.2, 0.25) is 0 Å². The minimum absolute atomic E-state index is 0.311. The molecular weight excluding hydrogens is 335 g/mol. The van der Waals surface area contributed by atoms with Crippen molar-refractivity contribution in [2.75, 3.05) is 30.5 Å². The fourth-order valence-corrected chi connectivity index (χ4v) is 2.15. The number of benzene rings is 2. The zero-order valence-electron chi connectivity index (χ0n) is 13.1. The van der Waals surface area contributed by atoms with Gasteiger partial charge in [-0.05, 0) is 43.3 Å². The first-order chi connectivity index (χ1) is 11.6. The van der Waals surface area contributed by atoms with Crippen molar-refractivity contribution in [1.82, 2.24) is 0 Å². The molecule has 0 spiro atoms. The van der Waals surface area contributed by atoms with Crippen LogP contribution in [0.15, 0.2) is 42.5 Å². The lowest BCUT2D eigenvalue weighted by molar-refractivity contribution is 0.110. The van der Waals surface area contributed by atoms with Crippen LogP contribution in [-0.2, 0) is 4.74 Å². The number of para-hydroxylation sites is 1. The van der Waals surface area contributed by atoms with E-state index < -0.39 is 6.03 Å². The molecule has 2 rings (SSSR count). The quantitative estimate of drug-likeness (QED) is 0.719. The van der Waals surface area contributed by atoms with Crippen LogP contribution >= 0.6 is 11.6 Å². The number of anilines is 2. The van der Waals surface area contributed by atoms with Crippen LogP contribution in [0.25, 0.3) is 0 Å². The van der Waals surface area contributed by atoms with Crippen molar-refractivity contribution in [3.05, 3.63) is 53.3 Å². The van der Waals surface area contributed by atoms with Gasteiger partial charge < -0.3 is 20.1 Å². The van der Waals surface area contributed by atoms with E-state index in [2.05, 4.69) is 10.6 Å². The van der Waals surface area contributed by atoms with E-state index in [1.165, 1.54) is 24.3 Å². The molecule has 0 bridgehead atoms. The number of carbonyl (C=O) groups excluding carboxylic acids is 1. The van der Waals surface area contributed by atoms with E-state index >= 15 is 0 Å². The second-order valence-corrected chi connectivity index (χ2v) is 5.16. The summed E-state index contributed by atoms with van der Waals surface area (Å²) in [6, 6.07) is 10.0. The molecule has 0 radical (unpaired) electrons. The lowest BCUT2D eigenvalue weighted by atomic mass is 10.3. The summed E-state index contributed by atoms with van der Waals surface area (Å²) in [5.74, 6) is -0.00564. The molecule has 0 aliphatic carbocycles. The second-order valence-electron chi connectivity index (χ2n) is 4.75. The molecule has 2 N–H and O–H groups in total. The topological polar surface area (TPSA) is 59.6 Å². The van der Waals surface area contributed by atoms with E-state index in [9.17, 15) is 9.18 Å². The van der Waals surface area contributed by atoms with Gasteiger partial charge in [0.25, 0.3) is 0 Å². The van der Waals surface area contributed by atoms with Crippen LogP contribution < -0.4 is 15.4 Å².